The minimum absolute atomic E-state index is 0.0805. The number of hydrogen-bond donors (Lipinski definition) is 4. The zero-order valence-corrected chi connectivity index (χ0v) is 11.2. The standard InChI is InChI=1S/C12H22O7/c1-7(3-9(15)11(17)5-13)19-8(2)4-10(16)12(18)6-14/h7-8,11-14,17-18H,3-6H2,1-2H3. The number of carbonyl (C=O) groups excluding carboxylic acids is 2. The molecular formula is C12H22O7. The minimum atomic E-state index is -1.42. The van der Waals surface area contributed by atoms with Crippen molar-refractivity contribution in [1.29, 1.82) is 0 Å². The predicted molar refractivity (Wildman–Crippen MR) is 65.4 cm³/mol. The van der Waals surface area contributed by atoms with Crippen LogP contribution in [-0.2, 0) is 14.3 Å². The van der Waals surface area contributed by atoms with Crippen molar-refractivity contribution in [2.75, 3.05) is 13.2 Å². The van der Waals surface area contributed by atoms with E-state index in [1.807, 2.05) is 0 Å². The maximum atomic E-state index is 11.3. The van der Waals surface area contributed by atoms with Crippen LogP contribution in [-0.4, -0.2) is 69.6 Å². The summed E-state index contributed by atoms with van der Waals surface area (Å²) in [5.74, 6) is -1.08. The smallest absolute Gasteiger partial charge is 0.166 e. The summed E-state index contributed by atoms with van der Waals surface area (Å²) >= 11 is 0. The Bertz CT molecular complexity index is 264. The van der Waals surface area contributed by atoms with E-state index in [4.69, 9.17) is 25.2 Å². The zero-order chi connectivity index (χ0) is 15.0. The van der Waals surface area contributed by atoms with Crippen LogP contribution in [0.1, 0.15) is 26.7 Å². The Kier molecular flexibility index (Phi) is 8.70. The molecule has 0 saturated carbocycles. The topological polar surface area (TPSA) is 124 Å². The Morgan fingerprint density at radius 3 is 1.47 bits per heavy atom. The first-order chi connectivity index (χ1) is 8.81. The van der Waals surface area contributed by atoms with Gasteiger partial charge < -0.3 is 25.2 Å². The number of Topliss-reactive ketones (excluding diaryl/α,β-unsaturated/α-hetero) is 2. The summed E-state index contributed by atoms with van der Waals surface area (Å²) in [5.41, 5.74) is 0. The molecule has 7 nitrogen and oxygen atoms in total. The van der Waals surface area contributed by atoms with Crippen LogP contribution in [0.5, 0.6) is 0 Å². The molecule has 0 rings (SSSR count). The van der Waals surface area contributed by atoms with E-state index in [2.05, 4.69) is 0 Å². The molecule has 0 aliphatic rings. The molecule has 0 fully saturated rings. The third-order valence-corrected chi connectivity index (χ3v) is 2.53. The molecule has 0 amide bonds. The van der Waals surface area contributed by atoms with Gasteiger partial charge in [-0.2, -0.15) is 0 Å². The molecule has 0 aromatic heterocycles. The Hall–Kier alpha value is -0.860. The van der Waals surface area contributed by atoms with Crippen LogP contribution in [0.15, 0.2) is 0 Å². The van der Waals surface area contributed by atoms with Crippen molar-refractivity contribution in [2.24, 2.45) is 0 Å². The van der Waals surface area contributed by atoms with Gasteiger partial charge in [-0.05, 0) is 13.8 Å². The average molecular weight is 278 g/mol. The van der Waals surface area contributed by atoms with Crippen molar-refractivity contribution in [3.05, 3.63) is 0 Å². The van der Waals surface area contributed by atoms with Crippen LogP contribution in [0.2, 0.25) is 0 Å². The molecule has 4 unspecified atom stereocenters. The fourth-order valence-electron chi connectivity index (χ4n) is 1.54. The van der Waals surface area contributed by atoms with Gasteiger partial charge in [0, 0.05) is 12.8 Å². The first kappa shape index (κ1) is 18.1. The SMILES string of the molecule is CC(CC(=O)C(O)CO)OC(C)CC(=O)C(O)CO. The number of hydrogen-bond acceptors (Lipinski definition) is 7. The Morgan fingerprint density at radius 1 is 0.895 bits per heavy atom. The first-order valence-corrected chi connectivity index (χ1v) is 6.10. The van der Waals surface area contributed by atoms with Crippen molar-refractivity contribution < 1.29 is 34.8 Å². The number of carbonyl (C=O) groups is 2. The summed E-state index contributed by atoms with van der Waals surface area (Å²) in [6, 6.07) is 0. The number of ketones is 2. The Balaban J connectivity index is 4.09. The van der Waals surface area contributed by atoms with Gasteiger partial charge in [-0.1, -0.05) is 0 Å². The molecule has 0 saturated heterocycles. The number of aliphatic hydroxyl groups excluding tert-OH is 4. The highest BCUT2D eigenvalue weighted by Crippen LogP contribution is 2.09. The second kappa shape index (κ2) is 9.11. The Morgan fingerprint density at radius 2 is 1.21 bits per heavy atom. The van der Waals surface area contributed by atoms with Crippen LogP contribution >= 0.6 is 0 Å². The molecule has 0 spiro atoms. The van der Waals surface area contributed by atoms with Gasteiger partial charge in [0.25, 0.3) is 0 Å². The summed E-state index contributed by atoms with van der Waals surface area (Å²) < 4.78 is 5.35. The van der Waals surface area contributed by atoms with Gasteiger partial charge in [0.2, 0.25) is 0 Å². The third kappa shape index (κ3) is 7.34. The van der Waals surface area contributed by atoms with E-state index >= 15 is 0 Å². The van der Waals surface area contributed by atoms with Crippen molar-refractivity contribution in [2.45, 2.75) is 51.1 Å². The normalized spacial score (nSPS) is 17.6. The summed E-state index contributed by atoms with van der Waals surface area (Å²) in [4.78, 5) is 22.6. The predicted octanol–water partition coefficient (Wildman–Crippen LogP) is -1.60. The molecule has 19 heavy (non-hydrogen) atoms. The molecule has 4 atom stereocenters. The lowest BCUT2D eigenvalue weighted by molar-refractivity contribution is -0.135. The highest BCUT2D eigenvalue weighted by Gasteiger charge is 2.21. The summed E-state index contributed by atoms with van der Waals surface area (Å²) in [6.45, 7) is 1.93. The van der Waals surface area contributed by atoms with E-state index in [1.54, 1.807) is 13.8 Å². The van der Waals surface area contributed by atoms with Crippen LogP contribution < -0.4 is 0 Å². The third-order valence-electron chi connectivity index (χ3n) is 2.53. The average Bonchev–Trinajstić information content (AvgIpc) is 2.35. The van der Waals surface area contributed by atoms with Gasteiger partial charge in [-0.3, -0.25) is 9.59 Å². The lowest BCUT2D eigenvalue weighted by Crippen LogP contribution is -2.32. The van der Waals surface area contributed by atoms with E-state index in [0.717, 1.165) is 0 Å². The number of ether oxygens (including phenoxy) is 1. The van der Waals surface area contributed by atoms with Crippen LogP contribution in [0, 0.1) is 0 Å². The van der Waals surface area contributed by atoms with Crippen LogP contribution in [0.4, 0.5) is 0 Å². The van der Waals surface area contributed by atoms with E-state index in [9.17, 15) is 9.59 Å². The van der Waals surface area contributed by atoms with E-state index in [-0.39, 0.29) is 12.8 Å². The second-order valence-electron chi connectivity index (χ2n) is 4.49. The van der Waals surface area contributed by atoms with Gasteiger partial charge in [0.1, 0.15) is 12.2 Å². The van der Waals surface area contributed by atoms with Gasteiger partial charge in [0.15, 0.2) is 11.6 Å². The van der Waals surface area contributed by atoms with Gasteiger partial charge >= 0.3 is 0 Å². The van der Waals surface area contributed by atoms with Gasteiger partial charge in [-0.25, -0.2) is 0 Å². The monoisotopic (exact) mass is 278 g/mol. The molecule has 0 aromatic rings. The molecule has 0 radical (unpaired) electrons. The lowest BCUT2D eigenvalue weighted by atomic mass is 10.1. The fourth-order valence-corrected chi connectivity index (χ4v) is 1.54. The van der Waals surface area contributed by atoms with Crippen molar-refractivity contribution in [3.63, 3.8) is 0 Å². The van der Waals surface area contributed by atoms with E-state index in [0.29, 0.717) is 0 Å². The van der Waals surface area contributed by atoms with Crippen molar-refractivity contribution in [1.82, 2.24) is 0 Å². The molecule has 4 N–H and O–H groups in total. The quantitative estimate of drug-likeness (QED) is 0.379. The van der Waals surface area contributed by atoms with Crippen molar-refractivity contribution >= 4 is 11.6 Å². The molecule has 7 heteroatoms. The molecule has 112 valence electrons. The summed E-state index contributed by atoms with van der Waals surface area (Å²) in [6.07, 6.45) is -4.05. The van der Waals surface area contributed by atoms with E-state index in [1.165, 1.54) is 0 Å². The number of aliphatic hydroxyl groups is 4. The zero-order valence-electron chi connectivity index (χ0n) is 11.2. The summed E-state index contributed by atoms with van der Waals surface area (Å²) in [7, 11) is 0. The Labute approximate surface area is 111 Å². The molecule has 0 aliphatic heterocycles. The van der Waals surface area contributed by atoms with Crippen molar-refractivity contribution in [3.8, 4) is 0 Å². The minimum Gasteiger partial charge on any atom is -0.393 e. The first-order valence-electron chi connectivity index (χ1n) is 6.10. The summed E-state index contributed by atoms with van der Waals surface area (Å²) in [5, 5.41) is 35.4. The largest absolute Gasteiger partial charge is 0.393 e. The fraction of sp³-hybridized carbons (Fsp3) is 0.833. The maximum absolute atomic E-state index is 11.3. The van der Waals surface area contributed by atoms with Gasteiger partial charge in [-0.15, -0.1) is 0 Å². The highest BCUT2D eigenvalue weighted by atomic mass is 16.5. The molecule has 0 aliphatic carbocycles. The highest BCUT2D eigenvalue weighted by molar-refractivity contribution is 5.83. The molecular weight excluding hydrogens is 256 g/mol. The lowest BCUT2D eigenvalue weighted by Gasteiger charge is -2.19. The van der Waals surface area contributed by atoms with Crippen LogP contribution in [0.25, 0.3) is 0 Å². The second-order valence-corrected chi connectivity index (χ2v) is 4.49. The molecule has 0 bridgehead atoms. The van der Waals surface area contributed by atoms with Gasteiger partial charge in [0.05, 0.1) is 25.4 Å². The maximum Gasteiger partial charge on any atom is 0.166 e. The van der Waals surface area contributed by atoms with Crippen LogP contribution in [0.3, 0.4) is 0 Å². The molecule has 0 aromatic carbocycles. The molecule has 0 heterocycles. The number of rotatable bonds is 10. The van der Waals surface area contributed by atoms with E-state index < -0.39 is 49.2 Å².